The van der Waals surface area contributed by atoms with Crippen LogP contribution in [0, 0.1) is 5.82 Å². The zero-order valence-corrected chi connectivity index (χ0v) is 16.1. The van der Waals surface area contributed by atoms with E-state index < -0.39 is 0 Å². The fraction of sp³-hybridized carbons (Fsp3) is 0.0500. The Morgan fingerprint density at radius 2 is 1.93 bits per heavy atom. The highest BCUT2D eigenvalue weighted by Crippen LogP contribution is 2.31. The van der Waals surface area contributed by atoms with Crippen molar-refractivity contribution in [3.8, 4) is 22.0 Å². The van der Waals surface area contributed by atoms with Gasteiger partial charge in [0.05, 0.1) is 11.3 Å². The Hall–Kier alpha value is -2.97. The molecule has 1 N–H and O–H groups in total. The Bertz CT molecular complexity index is 1240. The van der Waals surface area contributed by atoms with E-state index in [2.05, 4.69) is 20.2 Å². The lowest BCUT2D eigenvalue weighted by atomic mass is 10.2. The Labute approximate surface area is 167 Å². The molecule has 0 fully saturated rings. The molecule has 5 nitrogen and oxygen atoms in total. The van der Waals surface area contributed by atoms with E-state index >= 15 is 0 Å². The van der Waals surface area contributed by atoms with Crippen LogP contribution in [0.3, 0.4) is 0 Å². The van der Waals surface area contributed by atoms with Crippen molar-refractivity contribution in [2.45, 2.75) is 11.0 Å². The minimum absolute atomic E-state index is 0.251. The molecule has 8 heteroatoms. The summed E-state index contributed by atoms with van der Waals surface area (Å²) in [5, 5.41) is 12.7. The van der Waals surface area contributed by atoms with E-state index in [9.17, 15) is 4.39 Å². The molecule has 0 unspecified atom stereocenters. The van der Waals surface area contributed by atoms with Crippen molar-refractivity contribution in [2.24, 2.45) is 0 Å². The van der Waals surface area contributed by atoms with Gasteiger partial charge in [0.25, 0.3) is 11.1 Å². The summed E-state index contributed by atoms with van der Waals surface area (Å²) in [6, 6.07) is 14.3. The number of hydrogen-bond donors (Lipinski definition) is 1. The number of hydrogen-bond acceptors (Lipinski definition) is 6. The molecule has 0 saturated heterocycles. The summed E-state index contributed by atoms with van der Waals surface area (Å²) in [6.45, 7) is 0. The second kappa shape index (κ2) is 7.21. The van der Waals surface area contributed by atoms with Gasteiger partial charge in [0, 0.05) is 33.8 Å². The van der Waals surface area contributed by atoms with Crippen LogP contribution in [0.25, 0.3) is 32.9 Å². The van der Waals surface area contributed by atoms with Crippen molar-refractivity contribution >= 4 is 34.0 Å². The van der Waals surface area contributed by atoms with Gasteiger partial charge in [0.1, 0.15) is 10.8 Å². The summed E-state index contributed by atoms with van der Waals surface area (Å²) >= 11 is 2.97. The Kier molecular flexibility index (Phi) is 4.42. The van der Waals surface area contributed by atoms with Crippen LogP contribution in [-0.2, 0) is 5.75 Å². The smallest absolute Gasteiger partial charge is 0.277 e. The number of nitrogens with one attached hydrogen (secondary N) is 1. The van der Waals surface area contributed by atoms with E-state index in [1.54, 1.807) is 12.1 Å². The van der Waals surface area contributed by atoms with Gasteiger partial charge in [-0.05, 0) is 30.3 Å². The fourth-order valence-electron chi connectivity index (χ4n) is 2.86. The molecular weight excluding hydrogens is 395 g/mol. The van der Waals surface area contributed by atoms with Gasteiger partial charge in [-0.15, -0.1) is 21.5 Å². The molecule has 0 saturated carbocycles. The van der Waals surface area contributed by atoms with Crippen LogP contribution in [0.1, 0.15) is 5.69 Å². The van der Waals surface area contributed by atoms with E-state index in [4.69, 9.17) is 4.42 Å². The van der Waals surface area contributed by atoms with Crippen LogP contribution < -0.4 is 0 Å². The zero-order valence-electron chi connectivity index (χ0n) is 14.4. The number of rotatable bonds is 5. The number of fused-ring (bicyclic) bond motifs is 1. The molecule has 0 bridgehead atoms. The summed E-state index contributed by atoms with van der Waals surface area (Å²) in [6.07, 6.45) is 1.88. The number of H-pyrrole nitrogens is 1. The van der Waals surface area contributed by atoms with Gasteiger partial charge in [0.15, 0.2) is 0 Å². The number of aromatic nitrogens is 4. The Balaban J connectivity index is 1.30. The first-order valence-electron chi connectivity index (χ1n) is 8.49. The van der Waals surface area contributed by atoms with Gasteiger partial charge >= 0.3 is 0 Å². The number of aromatic amines is 1. The predicted octanol–water partition coefficient (Wildman–Crippen LogP) is 5.77. The van der Waals surface area contributed by atoms with Gasteiger partial charge in [0.2, 0.25) is 0 Å². The molecule has 3 aromatic heterocycles. The summed E-state index contributed by atoms with van der Waals surface area (Å²) in [5.74, 6) is 0.858. The highest BCUT2D eigenvalue weighted by atomic mass is 32.2. The van der Waals surface area contributed by atoms with E-state index in [1.807, 2.05) is 35.8 Å². The molecule has 0 aliphatic heterocycles. The summed E-state index contributed by atoms with van der Waals surface area (Å²) in [5.41, 5.74) is 3.74. The van der Waals surface area contributed by atoms with Gasteiger partial charge in [-0.1, -0.05) is 30.0 Å². The van der Waals surface area contributed by atoms with Crippen molar-refractivity contribution in [2.75, 3.05) is 0 Å². The van der Waals surface area contributed by atoms with Crippen LogP contribution in [-0.4, -0.2) is 20.2 Å². The molecule has 0 atom stereocenters. The maximum Gasteiger partial charge on any atom is 0.277 e. The lowest BCUT2D eigenvalue weighted by molar-refractivity contribution is 0.466. The molecule has 0 aliphatic rings. The summed E-state index contributed by atoms with van der Waals surface area (Å²) in [4.78, 5) is 7.81. The maximum absolute atomic E-state index is 13.1. The average molecular weight is 408 g/mol. The van der Waals surface area contributed by atoms with E-state index in [0.717, 1.165) is 32.7 Å². The highest BCUT2D eigenvalue weighted by Gasteiger charge is 2.14. The monoisotopic (exact) mass is 408 g/mol. The van der Waals surface area contributed by atoms with Crippen LogP contribution in [0.15, 0.2) is 69.7 Å². The quantitative estimate of drug-likeness (QED) is 0.374. The van der Waals surface area contributed by atoms with Crippen LogP contribution in [0.4, 0.5) is 4.39 Å². The van der Waals surface area contributed by atoms with Gasteiger partial charge < -0.3 is 9.40 Å². The lowest BCUT2D eigenvalue weighted by Gasteiger charge is -1.95. The average Bonchev–Trinajstić information content (AvgIpc) is 3.46. The Morgan fingerprint density at radius 3 is 2.82 bits per heavy atom. The summed E-state index contributed by atoms with van der Waals surface area (Å²) in [7, 11) is 0. The zero-order chi connectivity index (χ0) is 18.9. The SMILES string of the molecule is Fc1ccc(-c2nc(CSc3nnc(-c4c[nH]c5ccccc45)o3)cs2)cc1. The van der Waals surface area contributed by atoms with Crippen molar-refractivity contribution in [3.05, 3.63) is 71.6 Å². The molecule has 138 valence electrons. The molecule has 0 amide bonds. The van der Waals surface area contributed by atoms with E-state index in [1.165, 1.54) is 35.2 Å². The Morgan fingerprint density at radius 1 is 1.07 bits per heavy atom. The van der Waals surface area contributed by atoms with Gasteiger partial charge in [-0.2, -0.15) is 0 Å². The van der Waals surface area contributed by atoms with E-state index in [-0.39, 0.29) is 5.82 Å². The molecular formula is C20H13FN4OS2. The predicted molar refractivity (Wildman–Crippen MR) is 109 cm³/mol. The minimum atomic E-state index is -0.251. The third-order valence-electron chi connectivity index (χ3n) is 4.21. The van der Waals surface area contributed by atoms with Gasteiger partial charge in [-0.3, -0.25) is 0 Å². The fourth-order valence-corrected chi connectivity index (χ4v) is 4.45. The first-order valence-corrected chi connectivity index (χ1v) is 10.4. The van der Waals surface area contributed by atoms with Crippen molar-refractivity contribution < 1.29 is 8.81 Å². The standard InChI is InChI=1S/C20H13FN4OS2/c21-13-7-5-12(6-8-13)19-23-14(10-27-19)11-28-20-25-24-18(26-20)16-9-22-17-4-2-1-3-15(16)17/h1-10,22H,11H2. The van der Waals surface area contributed by atoms with E-state index in [0.29, 0.717) is 16.9 Å². The second-order valence-corrected chi connectivity index (χ2v) is 7.85. The van der Waals surface area contributed by atoms with Crippen molar-refractivity contribution in [3.63, 3.8) is 0 Å². The number of thioether (sulfide) groups is 1. The molecule has 28 heavy (non-hydrogen) atoms. The minimum Gasteiger partial charge on any atom is -0.411 e. The topological polar surface area (TPSA) is 67.6 Å². The number of nitrogens with zero attached hydrogens (tertiary/aromatic N) is 3. The summed E-state index contributed by atoms with van der Waals surface area (Å²) < 4.78 is 18.9. The molecule has 5 aromatic rings. The largest absolute Gasteiger partial charge is 0.411 e. The normalized spacial score (nSPS) is 11.3. The van der Waals surface area contributed by atoms with Crippen molar-refractivity contribution in [1.82, 2.24) is 20.2 Å². The third kappa shape index (κ3) is 3.32. The maximum atomic E-state index is 13.1. The number of benzene rings is 2. The third-order valence-corrected chi connectivity index (χ3v) is 6.00. The molecule has 5 rings (SSSR count). The van der Waals surface area contributed by atoms with Crippen LogP contribution >= 0.6 is 23.1 Å². The van der Waals surface area contributed by atoms with Gasteiger partial charge in [-0.25, -0.2) is 9.37 Å². The number of para-hydroxylation sites is 1. The molecule has 0 radical (unpaired) electrons. The first-order chi connectivity index (χ1) is 13.8. The van der Waals surface area contributed by atoms with Crippen LogP contribution in [0.2, 0.25) is 0 Å². The highest BCUT2D eigenvalue weighted by molar-refractivity contribution is 7.98. The number of halogens is 1. The van der Waals surface area contributed by atoms with Crippen LogP contribution in [0.5, 0.6) is 0 Å². The molecule has 3 heterocycles. The molecule has 0 aliphatic carbocycles. The number of thiazole rings is 1. The first kappa shape index (κ1) is 17.2. The second-order valence-electron chi connectivity index (χ2n) is 6.06. The molecule has 0 spiro atoms. The van der Waals surface area contributed by atoms with Crippen molar-refractivity contribution in [1.29, 1.82) is 0 Å². The lowest BCUT2D eigenvalue weighted by Crippen LogP contribution is -1.82. The molecule has 2 aromatic carbocycles.